The van der Waals surface area contributed by atoms with Crippen LogP contribution in [0.3, 0.4) is 0 Å². The van der Waals surface area contributed by atoms with Crippen LogP contribution in [0.4, 0.5) is 5.69 Å². The zero-order valence-corrected chi connectivity index (χ0v) is 22.8. The third-order valence-corrected chi connectivity index (χ3v) is 8.99. The van der Waals surface area contributed by atoms with Crippen molar-refractivity contribution in [3.05, 3.63) is 84.2 Å². The first-order chi connectivity index (χ1) is 18.9. The van der Waals surface area contributed by atoms with Crippen LogP contribution in [0.25, 0.3) is 11.0 Å². The maximum atomic E-state index is 13.7. The molecule has 0 aliphatic carbocycles. The van der Waals surface area contributed by atoms with Gasteiger partial charge in [0.2, 0.25) is 0 Å². The summed E-state index contributed by atoms with van der Waals surface area (Å²) in [5.74, 6) is 0.226. The third-order valence-electron chi connectivity index (χ3n) is 7.25. The molecular weight excluding hydrogens is 514 g/mol. The Morgan fingerprint density at radius 1 is 0.949 bits per heavy atom. The van der Waals surface area contributed by atoms with Gasteiger partial charge >= 0.3 is 0 Å². The van der Waals surface area contributed by atoms with E-state index < -0.39 is 15.9 Å². The highest BCUT2D eigenvalue weighted by Gasteiger charge is 2.29. The number of nitrogens with zero attached hydrogens (tertiary/aromatic N) is 4. The quantitative estimate of drug-likeness (QED) is 0.303. The van der Waals surface area contributed by atoms with Gasteiger partial charge in [-0.25, -0.2) is 17.4 Å². The number of fused-ring (bicyclic) bond motifs is 1. The highest BCUT2D eigenvalue weighted by atomic mass is 32.2. The van der Waals surface area contributed by atoms with Gasteiger partial charge in [-0.1, -0.05) is 30.3 Å². The number of aromatic nitrogens is 2. The fourth-order valence-electron chi connectivity index (χ4n) is 5.33. The van der Waals surface area contributed by atoms with Gasteiger partial charge in [-0.15, -0.1) is 0 Å². The molecule has 1 amide bonds. The third kappa shape index (κ3) is 5.35. The van der Waals surface area contributed by atoms with E-state index in [0.717, 1.165) is 50.6 Å². The molecule has 1 fully saturated rings. The van der Waals surface area contributed by atoms with E-state index in [1.165, 1.54) is 10.2 Å². The molecule has 0 atom stereocenters. The van der Waals surface area contributed by atoms with Crippen LogP contribution in [-0.4, -0.2) is 68.0 Å². The van der Waals surface area contributed by atoms with Crippen LogP contribution < -0.4 is 15.4 Å². The Morgan fingerprint density at radius 3 is 2.38 bits per heavy atom. The number of carbonyl (C=O) groups is 1. The predicted molar refractivity (Wildman–Crippen MR) is 152 cm³/mol. The summed E-state index contributed by atoms with van der Waals surface area (Å²) in [6, 6.07) is 19.6. The molecule has 0 saturated carbocycles. The maximum absolute atomic E-state index is 13.7. The second-order valence-corrected chi connectivity index (χ2v) is 11.4. The Labute approximate surface area is 228 Å². The van der Waals surface area contributed by atoms with Crippen molar-refractivity contribution in [1.29, 1.82) is 0 Å². The predicted octanol–water partition coefficient (Wildman–Crippen LogP) is 3.53. The number of piperazine rings is 1. The SMILES string of the molecule is COc1ccccc1N1CCN(CCCCc2c(C(N)=O)c3cccnc3n2S(=O)(=O)c2ccccc2)CC1. The molecule has 2 aromatic heterocycles. The van der Waals surface area contributed by atoms with Crippen molar-refractivity contribution < 1.29 is 17.9 Å². The molecule has 9 nitrogen and oxygen atoms in total. The number of nitrogens with two attached hydrogens (primary N) is 1. The molecule has 0 bridgehead atoms. The zero-order valence-electron chi connectivity index (χ0n) is 22.0. The smallest absolute Gasteiger partial charge is 0.269 e. The van der Waals surface area contributed by atoms with Crippen LogP contribution in [0.15, 0.2) is 77.8 Å². The molecular formula is C29H33N5O4S. The number of benzene rings is 2. The second-order valence-electron chi connectivity index (χ2n) is 9.60. The van der Waals surface area contributed by atoms with Crippen molar-refractivity contribution in [2.45, 2.75) is 24.2 Å². The second kappa shape index (κ2) is 11.5. The molecule has 39 heavy (non-hydrogen) atoms. The number of ether oxygens (including phenoxy) is 1. The number of anilines is 1. The van der Waals surface area contributed by atoms with Crippen LogP contribution in [0, 0.1) is 0 Å². The number of para-hydroxylation sites is 2. The van der Waals surface area contributed by atoms with Crippen molar-refractivity contribution >= 4 is 32.7 Å². The molecule has 4 aromatic rings. The van der Waals surface area contributed by atoms with Gasteiger partial charge in [-0.3, -0.25) is 9.69 Å². The van der Waals surface area contributed by atoms with Crippen LogP contribution in [0.5, 0.6) is 5.75 Å². The number of primary amides is 1. The molecule has 2 aromatic carbocycles. The Morgan fingerprint density at radius 2 is 1.67 bits per heavy atom. The van der Waals surface area contributed by atoms with Gasteiger partial charge < -0.3 is 15.4 Å². The van der Waals surface area contributed by atoms with Gasteiger partial charge in [0.15, 0.2) is 5.65 Å². The number of amides is 1. The number of hydrogen-bond acceptors (Lipinski definition) is 7. The minimum atomic E-state index is -3.98. The van der Waals surface area contributed by atoms with Crippen LogP contribution >= 0.6 is 0 Å². The topological polar surface area (TPSA) is 111 Å². The molecule has 1 aliphatic heterocycles. The van der Waals surface area contributed by atoms with E-state index in [0.29, 0.717) is 23.9 Å². The number of hydrogen-bond donors (Lipinski definition) is 1. The number of carbonyl (C=O) groups excluding carboxylic acids is 1. The maximum Gasteiger partial charge on any atom is 0.269 e. The van der Waals surface area contributed by atoms with Gasteiger partial charge in [0.1, 0.15) is 5.75 Å². The summed E-state index contributed by atoms with van der Waals surface area (Å²) in [6.07, 6.45) is 3.47. The van der Waals surface area contributed by atoms with Gasteiger partial charge in [0.05, 0.1) is 23.3 Å². The highest BCUT2D eigenvalue weighted by Crippen LogP contribution is 2.31. The molecule has 10 heteroatoms. The Balaban J connectivity index is 1.30. The van der Waals surface area contributed by atoms with Gasteiger partial charge in [0.25, 0.3) is 15.9 Å². The first-order valence-electron chi connectivity index (χ1n) is 13.1. The monoisotopic (exact) mass is 547 g/mol. The van der Waals surface area contributed by atoms with E-state index in [-0.39, 0.29) is 16.1 Å². The minimum Gasteiger partial charge on any atom is -0.495 e. The molecule has 2 N–H and O–H groups in total. The van der Waals surface area contributed by atoms with E-state index in [1.807, 2.05) is 18.2 Å². The van der Waals surface area contributed by atoms with Crippen molar-refractivity contribution in [2.24, 2.45) is 5.73 Å². The lowest BCUT2D eigenvalue weighted by molar-refractivity contribution is 0.100. The molecule has 0 spiro atoms. The lowest BCUT2D eigenvalue weighted by Gasteiger charge is -2.36. The summed E-state index contributed by atoms with van der Waals surface area (Å²) in [7, 11) is -2.29. The molecule has 0 unspecified atom stereocenters. The van der Waals surface area contributed by atoms with E-state index >= 15 is 0 Å². The summed E-state index contributed by atoms with van der Waals surface area (Å²) < 4.78 is 34.2. The lowest BCUT2D eigenvalue weighted by Crippen LogP contribution is -2.46. The van der Waals surface area contributed by atoms with Crippen LogP contribution in [0.1, 0.15) is 28.9 Å². The first kappa shape index (κ1) is 26.7. The van der Waals surface area contributed by atoms with Crippen molar-refractivity contribution in [1.82, 2.24) is 13.9 Å². The zero-order chi connectivity index (χ0) is 27.4. The number of unbranched alkanes of at least 4 members (excludes halogenated alkanes) is 1. The van der Waals surface area contributed by atoms with E-state index in [2.05, 4.69) is 20.9 Å². The number of methoxy groups -OCH3 is 1. The Bertz CT molecular complexity index is 1560. The molecule has 204 valence electrons. The van der Waals surface area contributed by atoms with Gasteiger partial charge in [-0.05, 0) is 62.2 Å². The Kier molecular flexibility index (Phi) is 7.85. The normalized spacial score (nSPS) is 14.5. The highest BCUT2D eigenvalue weighted by molar-refractivity contribution is 7.90. The van der Waals surface area contributed by atoms with Crippen LogP contribution in [0.2, 0.25) is 0 Å². The van der Waals surface area contributed by atoms with E-state index in [1.54, 1.807) is 49.6 Å². The minimum absolute atomic E-state index is 0.137. The molecule has 1 aliphatic rings. The summed E-state index contributed by atoms with van der Waals surface area (Å²) in [5.41, 5.74) is 7.73. The largest absolute Gasteiger partial charge is 0.495 e. The molecule has 3 heterocycles. The average molecular weight is 548 g/mol. The number of pyridine rings is 1. The first-order valence-corrected chi connectivity index (χ1v) is 14.5. The van der Waals surface area contributed by atoms with Crippen molar-refractivity contribution in [3.63, 3.8) is 0 Å². The Hall–Kier alpha value is -3.89. The van der Waals surface area contributed by atoms with E-state index in [4.69, 9.17) is 10.5 Å². The van der Waals surface area contributed by atoms with E-state index in [9.17, 15) is 13.2 Å². The summed E-state index contributed by atoms with van der Waals surface area (Å²) >= 11 is 0. The summed E-state index contributed by atoms with van der Waals surface area (Å²) in [4.78, 5) is 21.8. The average Bonchev–Trinajstić information content (AvgIpc) is 3.31. The molecule has 0 radical (unpaired) electrons. The molecule has 1 saturated heterocycles. The lowest BCUT2D eigenvalue weighted by atomic mass is 10.1. The van der Waals surface area contributed by atoms with Gasteiger partial charge in [-0.2, -0.15) is 0 Å². The van der Waals surface area contributed by atoms with Crippen LogP contribution in [-0.2, 0) is 16.4 Å². The van der Waals surface area contributed by atoms with Crippen molar-refractivity contribution in [2.75, 3.05) is 44.7 Å². The fraction of sp³-hybridized carbons (Fsp3) is 0.310. The summed E-state index contributed by atoms with van der Waals surface area (Å²) in [5, 5.41) is 0.451. The standard InChI is InChI=1S/C29H33N5O4S/c1-38-26-15-6-5-13-24(26)33-20-18-32(19-21-33)17-8-7-14-25-27(28(30)35)23-12-9-16-31-29(23)34(25)39(36,37)22-10-3-2-4-11-22/h2-6,9-13,15-16H,7-8,14,17-21H2,1H3,(H2,30,35). The molecule has 5 rings (SSSR count). The van der Waals surface area contributed by atoms with Crippen molar-refractivity contribution in [3.8, 4) is 5.75 Å². The summed E-state index contributed by atoms with van der Waals surface area (Å²) in [6.45, 7) is 4.55. The number of rotatable bonds is 10. The fourth-order valence-corrected chi connectivity index (χ4v) is 6.89. The van der Waals surface area contributed by atoms with Gasteiger partial charge in [0, 0.05) is 43.5 Å².